The van der Waals surface area contributed by atoms with Gasteiger partial charge in [0.1, 0.15) is 0 Å². The van der Waals surface area contributed by atoms with Gasteiger partial charge in [-0.15, -0.1) is 11.3 Å². The Labute approximate surface area is 121 Å². The van der Waals surface area contributed by atoms with Crippen molar-refractivity contribution in [1.82, 2.24) is 9.55 Å². The molecule has 0 amide bonds. The zero-order chi connectivity index (χ0) is 13.4. The van der Waals surface area contributed by atoms with Crippen LogP contribution in [0.4, 0.5) is 0 Å². The van der Waals surface area contributed by atoms with E-state index in [4.69, 9.17) is 12.2 Å². The average molecular weight is 288 g/mol. The molecular weight excluding hydrogens is 272 g/mol. The zero-order valence-electron chi connectivity index (χ0n) is 11.0. The standard InChI is InChI=1S/C15H16N2S2/c1-10-5-3-7-13-14(10)17(15(18)16-13)11(2)9-12-6-4-8-19-12/h3-8,11H,9H2,1-2H3,(H,16,18). The van der Waals surface area contributed by atoms with Crippen molar-refractivity contribution in [2.24, 2.45) is 0 Å². The molecular formula is C15H16N2S2. The summed E-state index contributed by atoms with van der Waals surface area (Å²) in [5.41, 5.74) is 3.63. The van der Waals surface area contributed by atoms with Crippen LogP contribution in [0.5, 0.6) is 0 Å². The van der Waals surface area contributed by atoms with Gasteiger partial charge in [0.05, 0.1) is 11.0 Å². The molecule has 1 N–H and O–H groups in total. The van der Waals surface area contributed by atoms with Crippen LogP contribution in [0.3, 0.4) is 0 Å². The van der Waals surface area contributed by atoms with E-state index in [1.165, 1.54) is 16.0 Å². The van der Waals surface area contributed by atoms with Gasteiger partial charge in [0.2, 0.25) is 0 Å². The number of aryl methyl sites for hydroxylation is 1. The molecule has 0 aliphatic carbocycles. The third-order valence-electron chi connectivity index (χ3n) is 3.46. The first-order valence-corrected chi connectivity index (χ1v) is 7.68. The van der Waals surface area contributed by atoms with Crippen LogP contribution in [0.25, 0.3) is 11.0 Å². The van der Waals surface area contributed by atoms with E-state index in [1.54, 1.807) is 11.3 Å². The number of nitrogens with zero attached hydrogens (tertiary/aromatic N) is 1. The molecule has 98 valence electrons. The second-order valence-electron chi connectivity index (χ2n) is 4.90. The highest BCUT2D eigenvalue weighted by atomic mass is 32.1. The van der Waals surface area contributed by atoms with E-state index in [2.05, 4.69) is 59.1 Å². The number of rotatable bonds is 3. The average Bonchev–Trinajstić information content (AvgIpc) is 2.96. The van der Waals surface area contributed by atoms with Gasteiger partial charge in [-0.1, -0.05) is 18.2 Å². The quantitative estimate of drug-likeness (QED) is 0.682. The van der Waals surface area contributed by atoms with Crippen molar-refractivity contribution in [3.63, 3.8) is 0 Å². The van der Waals surface area contributed by atoms with Gasteiger partial charge in [0, 0.05) is 17.3 Å². The summed E-state index contributed by atoms with van der Waals surface area (Å²) in [6, 6.07) is 10.9. The zero-order valence-corrected chi connectivity index (χ0v) is 12.6. The second kappa shape index (κ2) is 4.94. The second-order valence-corrected chi connectivity index (χ2v) is 6.32. The fourth-order valence-corrected chi connectivity index (χ4v) is 3.80. The van der Waals surface area contributed by atoms with Gasteiger partial charge in [-0.2, -0.15) is 0 Å². The summed E-state index contributed by atoms with van der Waals surface area (Å²) in [5, 5.41) is 2.13. The van der Waals surface area contributed by atoms with Gasteiger partial charge in [-0.3, -0.25) is 0 Å². The van der Waals surface area contributed by atoms with Crippen molar-refractivity contribution >= 4 is 34.6 Å². The maximum Gasteiger partial charge on any atom is 0.178 e. The first-order valence-electron chi connectivity index (χ1n) is 6.39. The summed E-state index contributed by atoms with van der Waals surface area (Å²) in [7, 11) is 0. The number of aromatic amines is 1. The van der Waals surface area contributed by atoms with Crippen molar-refractivity contribution in [3.8, 4) is 0 Å². The molecule has 1 atom stereocenters. The van der Waals surface area contributed by atoms with Gasteiger partial charge < -0.3 is 9.55 Å². The summed E-state index contributed by atoms with van der Waals surface area (Å²) in [6.45, 7) is 4.37. The number of hydrogen-bond donors (Lipinski definition) is 1. The van der Waals surface area contributed by atoms with Crippen molar-refractivity contribution in [2.45, 2.75) is 26.3 Å². The minimum absolute atomic E-state index is 0.362. The number of aromatic nitrogens is 2. The molecule has 0 saturated carbocycles. The van der Waals surface area contributed by atoms with Crippen LogP contribution in [0, 0.1) is 11.7 Å². The normalized spacial score (nSPS) is 12.9. The summed E-state index contributed by atoms with van der Waals surface area (Å²) in [6.07, 6.45) is 1.02. The molecule has 0 fully saturated rings. The van der Waals surface area contributed by atoms with E-state index in [1.807, 2.05) is 0 Å². The first-order chi connectivity index (χ1) is 9.16. The Balaban J connectivity index is 2.09. The number of H-pyrrole nitrogens is 1. The Bertz CT molecular complexity index is 750. The number of imidazole rings is 1. The predicted molar refractivity (Wildman–Crippen MR) is 84.6 cm³/mol. The van der Waals surface area contributed by atoms with Crippen molar-refractivity contribution < 1.29 is 0 Å². The number of nitrogens with one attached hydrogen (secondary N) is 1. The number of para-hydroxylation sites is 1. The lowest BCUT2D eigenvalue weighted by Gasteiger charge is -2.14. The molecule has 1 aromatic carbocycles. The smallest absolute Gasteiger partial charge is 0.178 e. The molecule has 3 aromatic rings. The van der Waals surface area contributed by atoms with Gasteiger partial charge in [0.15, 0.2) is 4.77 Å². The Morgan fingerprint density at radius 1 is 1.32 bits per heavy atom. The summed E-state index contributed by atoms with van der Waals surface area (Å²) < 4.78 is 3.06. The Kier molecular flexibility index (Phi) is 3.29. The number of benzene rings is 1. The van der Waals surface area contributed by atoms with Crippen LogP contribution in [0.1, 0.15) is 23.4 Å². The molecule has 4 heteroatoms. The largest absolute Gasteiger partial charge is 0.331 e. The maximum absolute atomic E-state index is 5.50. The number of thiophene rings is 1. The molecule has 0 radical (unpaired) electrons. The molecule has 0 bridgehead atoms. The fourth-order valence-electron chi connectivity index (χ4n) is 2.59. The Morgan fingerprint density at radius 3 is 2.89 bits per heavy atom. The highest BCUT2D eigenvalue weighted by Gasteiger charge is 2.13. The van der Waals surface area contributed by atoms with Crippen LogP contribution >= 0.6 is 23.6 Å². The van der Waals surface area contributed by atoms with Crippen LogP contribution in [0.15, 0.2) is 35.7 Å². The third kappa shape index (κ3) is 2.26. The molecule has 0 spiro atoms. The molecule has 2 aromatic heterocycles. The van der Waals surface area contributed by atoms with Crippen LogP contribution < -0.4 is 0 Å². The minimum atomic E-state index is 0.362. The van der Waals surface area contributed by atoms with Gasteiger partial charge in [0.25, 0.3) is 0 Å². The van der Waals surface area contributed by atoms with Crippen molar-refractivity contribution in [3.05, 3.63) is 50.9 Å². The summed E-state index contributed by atoms with van der Waals surface area (Å²) in [5.74, 6) is 0. The van der Waals surface area contributed by atoms with Crippen LogP contribution in [-0.4, -0.2) is 9.55 Å². The van der Waals surface area contributed by atoms with E-state index in [-0.39, 0.29) is 0 Å². The van der Waals surface area contributed by atoms with Gasteiger partial charge in [-0.05, 0) is 49.1 Å². The van der Waals surface area contributed by atoms with E-state index < -0.39 is 0 Å². The van der Waals surface area contributed by atoms with Gasteiger partial charge in [-0.25, -0.2) is 0 Å². The van der Waals surface area contributed by atoms with Crippen molar-refractivity contribution in [1.29, 1.82) is 0 Å². The molecule has 0 aliphatic rings. The van der Waals surface area contributed by atoms with Crippen LogP contribution in [-0.2, 0) is 6.42 Å². The van der Waals surface area contributed by atoms with E-state index in [0.717, 1.165) is 16.7 Å². The SMILES string of the molecule is Cc1cccc2[nH]c(=S)n(C(C)Cc3cccs3)c12. The lowest BCUT2D eigenvalue weighted by molar-refractivity contribution is 0.556. The first kappa shape index (κ1) is 12.6. The molecule has 19 heavy (non-hydrogen) atoms. The van der Waals surface area contributed by atoms with Gasteiger partial charge >= 0.3 is 0 Å². The van der Waals surface area contributed by atoms with Crippen LogP contribution in [0.2, 0.25) is 0 Å². The van der Waals surface area contributed by atoms with E-state index in [9.17, 15) is 0 Å². The topological polar surface area (TPSA) is 20.7 Å². The molecule has 0 saturated heterocycles. The molecule has 1 unspecified atom stereocenters. The highest BCUT2D eigenvalue weighted by molar-refractivity contribution is 7.71. The molecule has 2 heterocycles. The fraction of sp³-hybridized carbons (Fsp3) is 0.267. The van der Waals surface area contributed by atoms with Crippen molar-refractivity contribution in [2.75, 3.05) is 0 Å². The highest BCUT2D eigenvalue weighted by Crippen LogP contribution is 2.25. The maximum atomic E-state index is 5.50. The monoisotopic (exact) mass is 288 g/mol. The molecule has 0 aliphatic heterocycles. The number of hydrogen-bond acceptors (Lipinski definition) is 2. The van der Waals surface area contributed by atoms with E-state index in [0.29, 0.717) is 6.04 Å². The Morgan fingerprint density at radius 2 is 2.16 bits per heavy atom. The summed E-state index contributed by atoms with van der Waals surface area (Å²) >= 11 is 7.30. The van der Waals surface area contributed by atoms with E-state index >= 15 is 0 Å². The Hall–Kier alpha value is -1.39. The lowest BCUT2D eigenvalue weighted by Crippen LogP contribution is -2.08. The summed E-state index contributed by atoms with van der Waals surface area (Å²) in [4.78, 5) is 4.71. The molecule has 2 nitrogen and oxygen atoms in total. The molecule has 3 rings (SSSR count). The third-order valence-corrected chi connectivity index (χ3v) is 4.65. The number of fused-ring (bicyclic) bond motifs is 1. The predicted octanol–water partition coefficient (Wildman–Crippen LogP) is 4.87. The lowest BCUT2D eigenvalue weighted by atomic mass is 10.1. The minimum Gasteiger partial charge on any atom is -0.331 e.